The summed E-state index contributed by atoms with van der Waals surface area (Å²) in [6.07, 6.45) is 2.35. The van der Waals surface area contributed by atoms with E-state index in [1.54, 1.807) is 0 Å². The van der Waals surface area contributed by atoms with Crippen LogP contribution in [0, 0.1) is 13.8 Å². The highest BCUT2D eigenvalue weighted by Crippen LogP contribution is 2.40. The van der Waals surface area contributed by atoms with E-state index >= 15 is 0 Å². The molecule has 1 aliphatic carbocycles. The van der Waals surface area contributed by atoms with Crippen LogP contribution in [0.25, 0.3) is 10.9 Å². The number of hydrogen-bond acceptors (Lipinski definition) is 3. The maximum Gasteiger partial charge on any atom is 0.252 e. The average molecular weight is 283 g/mol. The summed E-state index contributed by atoms with van der Waals surface area (Å²) >= 11 is 0. The summed E-state index contributed by atoms with van der Waals surface area (Å²) in [7, 11) is 0. The largest absolute Gasteiger partial charge is 0.351 e. The Bertz CT molecular complexity index is 705. The number of carbonyl (C=O) groups is 1. The third-order valence-electron chi connectivity index (χ3n) is 3.94. The molecule has 21 heavy (non-hydrogen) atoms. The van der Waals surface area contributed by atoms with E-state index < -0.39 is 0 Å². The molecule has 0 spiro atoms. The van der Waals surface area contributed by atoms with Crippen LogP contribution in [0.5, 0.6) is 0 Å². The number of pyridine rings is 1. The molecule has 1 aromatic heterocycles. The van der Waals surface area contributed by atoms with Crippen molar-refractivity contribution in [2.45, 2.75) is 32.6 Å². The molecule has 1 amide bonds. The highest BCUT2D eigenvalue weighted by Gasteiger charge is 2.27. The van der Waals surface area contributed by atoms with Gasteiger partial charge in [-0.05, 0) is 44.4 Å². The first-order valence-electron chi connectivity index (χ1n) is 7.50. The Kier molecular flexibility index (Phi) is 3.64. The van der Waals surface area contributed by atoms with Gasteiger partial charge < -0.3 is 11.1 Å². The van der Waals surface area contributed by atoms with Gasteiger partial charge in [-0.1, -0.05) is 11.6 Å². The predicted octanol–water partition coefficient (Wildman–Crippen LogP) is 2.42. The zero-order chi connectivity index (χ0) is 15.0. The van der Waals surface area contributed by atoms with Crippen molar-refractivity contribution in [2.75, 3.05) is 13.1 Å². The van der Waals surface area contributed by atoms with E-state index in [4.69, 9.17) is 10.7 Å². The minimum Gasteiger partial charge on any atom is -0.351 e. The number of benzene rings is 1. The molecule has 110 valence electrons. The molecule has 3 N–H and O–H groups in total. The van der Waals surface area contributed by atoms with Crippen molar-refractivity contribution in [1.29, 1.82) is 0 Å². The predicted molar refractivity (Wildman–Crippen MR) is 84.6 cm³/mol. The smallest absolute Gasteiger partial charge is 0.252 e. The first-order chi connectivity index (χ1) is 10.1. The van der Waals surface area contributed by atoms with Crippen LogP contribution >= 0.6 is 0 Å². The summed E-state index contributed by atoms with van der Waals surface area (Å²) in [5, 5.41) is 3.81. The lowest BCUT2D eigenvalue weighted by atomic mass is 10.00. The monoisotopic (exact) mass is 283 g/mol. The van der Waals surface area contributed by atoms with Crippen molar-refractivity contribution in [3.8, 4) is 0 Å². The maximum atomic E-state index is 12.4. The Morgan fingerprint density at radius 3 is 2.76 bits per heavy atom. The van der Waals surface area contributed by atoms with E-state index in [1.165, 1.54) is 12.8 Å². The van der Waals surface area contributed by atoms with Crippen molar-refractivity contribution in [2.24, 2.45) is 5.73 Å². The van der Waals surface area contributed by atoms with Crippen molar-refractivity contribution >= 4 is 16.8 Å². The third kappa shape index (κ3) is 2.76. The fourth-order valence-electron chi connectivity index (χ4n) is 2.76. The van der Waals surface area contributed by atoms with E-state index in [9.17, 15) is 4.79 Å². The second kappa shape index (κ2) is 5.45. The molecule has 0 atom stereocenters. The maximum absolute atomic E-state index is 12.4. The van der Waals surface area contributed by atoms with Crippen LogP contribution in [-0.4, -0.2) is 24.0 Å². The van der Waals surface area contributed by atoms with Crippen molar-refractivity contribution in [1.82, 2.24) is 10.3 Å². The number of fused-ring (bicyclic) bond motifs is 1. The van der Waals surface area contributed by atoms with Crippen LogP contribution in [0.4, 0.5) is 0 Å². The molecule has 1 fully saturated rings. The number of nitrogens with two attached hydrogens (primary N) is 1. The van der Waals surface area contributed by atoms with Gasteiger partial charge in [0, 0.05) is 30.1 Å². The number of rotatable bonds is 4. The molecule has 1 heterocycles. The van der Waals surface area contributed by atoms with Gasteiger partial charge in [0.15, 0.2) is 0 Å². The van der Waals surface area contributed by atoms with Gasteiger partial charge in [-0.15, -0.1) is 0 Å². The second-order valence-corrected chi connectivity index (χ2v) is 5.89. The normalized spacial score (nSPS) is 14.4. The number of nitrogens with zero attached hydrogens (tertiary/aromatic N) is 1. The van der Waals surface area contributed by atoms with Gasteiger partial charge in [-0.3, -0.25) is 9.78 Å². The van der Waals surface area contributed by atoms with Crippen LogP contribution in [-0.2, 0) is 0 Å². The minimum atomic E-state index is -0.0558. The molecular weight excluding hydrogens is 262 g/mol. The fraction of sp³-hybridized carbons (Fsp3) is 0.412. The zero-order valence-electron chi connectivity index (χ0n) is 12.6. The molecule has 1 aromatic carbocycles. The number of carbonyl (C=O) groups excluding carboxylic acids is 1. The standard InChI is InChI=1S/C17H21N3O/c1-10-7-11(2)16-13(8-10)14(17(21)19-6-5-18)9-15(20-16)12-3-4-12/h7-9,12H,3-6,18H2,1-2H3,(H,19,21). The third-order valence-corrected chi connectivity index (χ3v) is 3.94. The summed E-state index contributed by atoms with van der Waals surface area (Å²) in [5.74, 6) is 0.468. The SMILES string of the molecule is Cc1cc(C)c2nc(C3CC3)cc(C(=O)NCCN)c2c1. The van der Waals surface area contributed by atoms with Gasteiger partial charge in [0.2, 0.25) is 0 Å². The van der Waals surface area contributed by atoms with Crippen LogP contribution in [0.15, 0.2) is 18.2 Å². The lowest BCUT2D eigenvalue weighted by Crippen LogP contribution is -2.29. The van der Waals surface area contributed by atoms with Crippen molar-refractivity contribution in [3.05, 3.63) is 40.6 Å². The highest BCUT2D eigenvalue weighted by atomic mass is 16.1. The molecule has 2 aromatic rings. The fourth-order valence-corrected chi connectivity index (χ4v) is 2.76. The Hall–Kier alpha value is -1.94. The first-order valence-corrected chi connectivity index (χ1v) is 7.50. The molecule has 3 rings (SSSR count). The molecular formula is C17H21N3O. The van der Waals surface area contributed by atoms with Crippen LogP contribution in [0.3, 0.4) is 0 Å². The van der Waals surface area contributed by atoms with Crippen molar-refractivity contribution in [3.63, 3.8) is 0 Å². The molecule has 0 radical (unpaired) electrons. The number of hydrogen-bond donors (Lipinski definition) is 2. The summed E-state index contributed by atoms with van der Waals surface area (Å²) in [5.41, 5.74) is 10.5. The first kappa shape index (κ1) is 14.0. The van der Waals surface area contributed by atoms with Gasteiger partial charge in [0.1, 0.15) is 0 Å². The Labute approximate surface area is 124 Å². The Morgan fingerprint density at radius 1 is 1.33 bits per heavy atom. The zero-order valence-corrected chi connectivity index (χ0v) is 12.6. The van der Waals surface area contributed by atoms with Crippen LogP contribution < -0.4 is 11.1 Å². The average Bonchev–Trinajstić information content (AvgIpc) is 3.28. The van der Waals surface area contributed by atoms with E-state index in [-0.39, 0.29) is 5.91 Å². The van der Waals surface area contributed by atoms with E-state index in [2.05, 4.69) is 18.3 Å². The summed E-state index contributed by atoms with van der Waals surface area (Å²) in [4.78, 5) is 17.2. The van der Waals surface area contributed by atoms with Crippen LogP contribution in [0.1, 0.15) is 45.9 Å². The molecule has 0 bridgehead atoms. The summed E-state index contributed by atoms with van der Waals surface area (Å²) in [6.45, 7) is 5.04. The summed E-state index contributed by atoms with van der Waals surface area (Å²) < 4.78 is 0. The molecule has 4 heteroatoms. The number of aromatic nitrogens is 1. The number of amides is 1. The molecule has 1 saturated carbocycles. The lowest BCUT2D eigenvalue weighted by molar-refractivity contribution is 0.0956. The molecule has 1 aliphatic rings. The van der Waals surface area contributed by atoms with Gasteiger partial charge in [-0.2, -0.15) is 0 Å². The van der Waals surface area contributed by atoms with Crippen molar-refractivity contribution < 1.29 is 4.79 Å². The number of aryl methyl sites for hydroxylation is 2. The van der Waals surface area contributed by atoms with Gasteiger partial charge in [-0.25, -0.2) is 0 Å². The molecule has 0 saturated heterocycles. The van der Waals surface area contributed by atoms with Gasteiger partial charge in [0.25, 0.3) is 5.91 Å². The Morgan fingerprint density at radius 2 is 2.10 bits per heavy atom. The minimum absolute atomic E-state index is 0.0558. The van der Waals surface area contributed by atoms with E-state index in [0.717, 1.165) is 33.3 Å². The summed E-state index contributed by atoms with van der Waals surface area (Å²) in [6, 6.07) is 6.13. The Balaban J connectivity index is 2.16. The van der Waals surface area contributed by atoms with E-state index in [0.29, 0.717) is 19.0 Å². The van der Waals surface area contributed by atoms with Crippen LogP contribution in [0.2, 0.25) is 0 Å². The number of nitrogens with one attached hydrogen (secondary N) is 1. The van der Waals surface area contributed by atoms with Gasteiger partial charge >= 0.3 is 0 Å². The van der Waals surface area contributed by atoms with Gasteiger partial charge in [0.05, 0.1) is 11.1 Å². The lowest BCUT2D eigenvalue weighted by Gasteiger charge is -2.12. The molecule has 4 nitrogen and oxygen atoms in total. The second-order valence-electron chi connectivity index (χ2n) is 5.89. The molecule has 0 unspecified atom stereocenters. The highest BCUT2D eigenvalue weighted by molar-refractivity contribution is 6.07. The topological polar surface area (TPSA) is 68.0 Å². The quantitative estimate of drug-likeness (QED) is 0.905. The molecule has 0 aliphatic heterocycles. The van der Waals surface area contributed by atoms with E-state index in [1.807, 2.05) is 19.1 Å².